The number of benzene rings is 2. The average Bonchev–Trinajstić information content (AvgIpc) is 3.24. The highest BCUT2D eigenvalue weighted by Gasteiger charge is 2.33. The van der Waals surface area contributed by atoms with Gasteiger partial charge in [0.25, 0.3) is 5.89 Å². The number of rotatable bonds is 6. The van der Waals surface area contributed by atoms with Crippen molar-refractivity contribution in [2.75, 3.05) is 13.1 Å². The maximum atomic E-state index is 13.1. The monoisotopic (exact) mass is 427 g/mol. The minimum atomic E-state index is -3.56. The molecular weight excluding hydrogens is 402 g/mol. The lowest BCUT2D eigenvalue weighted by molar-refractivity contribution is 0.243. The Hall–Kier alpha value is -2.71. The van der Waals surface area contributed by atoms with Gasteiger partial charge in [-0.05, 0) is 62.1 Å². The highest BCUT2D eigenvalue weighted by atomic mass is 32.2. The molecule has 30 heavy (non-hydrogen) atoms. The van der Waals surface area contributed by atoms with Crippen molar-refractivity contribution >= 4 is 10.0 Å². The molecule has 0 spiro atoms. The molecule has 158 valence electrons. The van der Waals surface area contributed by atoms with E-state index < -0.39 is 10.0 Å². The van der Waals surface area contributed by atoms with Gasteiger partial charge in [-0.25, -0.2) is 8.42 Å². The molecule has 0 saturated carbocycles. The topological polar surface area (TPSA) is 85.5 Å². The quantitative estimate of drug-likeness (QED) is 0.594. The summed E-state index contributed by atoms with van der Waals surface area (Å²) < 4.78 is 39.2. The van der Waals surface area contributed by atoms with Gasteiger partial charge in [0.15, 0.2) is 6.61 Å². The van der Waals surface area contributed by atoms with Gasteiger partial charge in [0.1, 0.15) is 5.75 Å². The summed E-state index contributed by atoms with van der Waals surface area (Å²) in [6, 6.07) is 14.7. The molecule has 1 aliphatic heterocycles. The molecular formula is C22H25N3O4S. The Kier molecular flexibility index (Phi) is 5.87. The first-order chi connectivity index (χ1) is 14.4. The number of aromatic nitrogens is 2. The van der Waals surface area contributed by atoms with E-state index in [0.717, 1.165) is 29.7 Å². The number of para-hydroxylation sites is 1. The molecule has 0 aliphatic carbocycles. The molecule has 8 heteroatoms. The van der Waals surface area contributed by atoms with E-state index in [1.54, 1.807) is 12.1 Å². The summed E-state index contributed by atoms with van der Waals surface area (Å²) >= 11 is 0. The van der Waals surface area contributed by atoms with Crippen LogP contribution in [0.2, 0.25) is 0 Å². The zero-order valence-electron chi connectivity index (χ0n) is 17.1. The van der Waals surface area contributed by atoms with Crippen LogP contribution in [0.5, 0.6) is 5.75 Å². The van der Waals surface area contributed by atoms with E-state index in [1.165, 1.54) is 4.31 Å². The lowest BCUT2D eigenvalue weighted by Crippen LogP contribution is -2.39. The zero-order chi connectivity index (χ0) is 21.1. The Labute approximate surface area is 176 Å². The van der Waals surface area contributed by atoms with Crippen molar-refractivity contribution in [3.63, 3.8) is 0 Å². The Morgan fingerprint density at radius 2 is 1.90 bits per heavy atom. The number of hydrogen-bond acceptors (Lipinski definition) is 6. The van der Waals surface area contributed by atoms with Gasteiger partial charge in [-0.15, -0.1) is 10.2 Å². The van der Waals surface area contributed by atoms with E-state index >= 15 is 0 Å². The van der Waals surface area contributed by atoms with Crippen molar-refractivity contribution in [2.45, 2.75) is 44.1 Å². The van der Waals surface area contributed by atoms with Crippen molar-refractivity contribution in [2.24, 2.45) is 0 Å². The average molecular weight is 428 g/mol. The fourth-order valence-corrected chi connectivity index (χ4v) is 5.15. The summed E-state index contributed by atoms with van der Waals surface area (Å²) in [5.41, 5.74) is 2.03. The third kappa shape index (κ3) is 4.39. The van der Waals surface area contributed by atoms with Gasteiger partial charge < -0.3 is 9.15 Å². The van der Waals surface area contributed by atoms with Crippen LogP contribution in [-0.2, 0) is 16.6 Å². The predicted octanol–water partition coefficient (Wildman–Crippen LogP) is 3.83. The molecule has 7 nitrogen and oxygen atoms in total. The summed E-state index contributed by atoms with van der Waals surface area (Å²) in [5, 5.41) is 8.21. The van der Waals surface area contributed by atoms with Crippen molar-refractivity contribution < 1.29 is 17.6 Å². The molecule has 0 N–H and O–H groups in total. The van der Waals surface area contributed by atoms with E-state index in [2.05, 4.69) is 10.2 Å². The van der Waals surface area contributed by atoms with E-state index in [9.17, 15) is 8.42 Å². The van der Waals surface area contributed by atoms with Gasteiger partial charge in [0.2, 0.25) is 15.9 Å². The van der Waals surface area contributed by atoms with E-state index in [-0.39, 0.29) is 12.5 Å². The molecule has 1 saturated heterocycles. The number of ether oxygens (including phenoxy) is 1. The Morgan fingerprint density at radius 1 is 1.10 bits per heavy atom. The number of sulfonamides is 1. The predicted molar refractivity (Wildman–Crippen MR) is 112 cm³/mol. The second-order valence-corrected chi connectivity index (χ2v) is 9.52. The summed E-state index contributed by atoms with van der Waals surface area (Å²) in [4.78, 5) is 0.328. The van der Waals surface area contributed by atoms with Gasteiger partial charge in [0, 0.05) is 13.1 Å². The number of piperidine rings is 1. The van der Waals surface area contributed by atoms with Crippen LogP contribution in [0.4, 0.5) is 0 Å². The van der Waals surface area contributed by atoms with Crippen LogP contribution in [0.15, 0.2) is 57.8 Å². The van der Waals surface area contributed by atoms with Crippen molar-refractivity contribution in [3.05, 3.63) is 71.4 Å². The molecule has 1 atom stereocenters. The maximum absolute atomic E-state index is 13.1. The number of nitrogens with zero attached hydrogens (tertiary/aromatic N) is 3. The van der Waals surface area contributed by atoms with E-state index in [1.807, 2.05) is 50.2 Å². The summed E-state index contributed by atoms with van der Waals surface area (Å²) in [5.74, 6) is 1.43. The molecule has 2 aromatic carbocycles. The van der Waals surface area contributed by atoms with Crippen LogP contribution in [0.1, 0.15) is 41.7 Å². The fraction of sp³-hybridized carbons (Fsp3) is 0.364. The van der Waals surface area contributed by atoms with Crippen LogP contribution >= 0.6 is 0 Å². The molecule has 4 rings (SSSR count). The SMILES string of the molecule is Cc1ccc(S(=O)(=O)N2CCC[C@H](c3nnc(COc4ccccc4)o3)C2)cc1C. The molecule has 0 radical (unpaired) electrons. The van der Waals surface area contributed by atoms with Gasteiger partial charge in [-0.1, -0.05) is 24.3 Å². The van der Waals surface area contributed by atoms with Gasteiger partial charge >= 0.3 is 0 Å². The Balaban J connectivity index is 1.45. The Morgan fingerprint density at radius 3 is 2.67 bits per heavy atom. The van der Waals surface area contributed by atoms with Gasteiger partial charge in [-0.2, -0.15) is 4.31 Å². The van der Waals surface area contributed by atoms with E-state index in [0.29, 0.717) is 29.8 Å². The third-order valence-corrected chi connectivity index (χ3v) is 7.30. The second kappa shape index (κ2) is 8.57. The zero-order valence-corrected chi connectivity index (χ0v) is 17.9. The highest BCUT2D eigenvalue weighted by molar-refractivity contribution is 7.89. The first kappa shape index (κ1) is 20.6. The van der Waals surface area contributed by atoms with Crippen LogP contribution in [0.3, 0.4) is 0 Å². The van der Waals surface area contributed by atoms with Gasteiger partial charge in [0.05, 0.1) is 10.8 Å². The lowest BCUT2D eigenvalue weighted by atomic mass is 10.00. The fourth-order valence-electron chi connectivity index (χ4n) is 3.54. The summed E-state index contributed by atoms with van der Waals surface area (Å²) in [7, 11) is -3.56. The smallest absolute Gasteiger partial charge is 0.253 e. The largest absolute Gasteiger partial charge is 0.484 e. The lowest BCUT2D eigenvalue weighted by Gasteiger charge is -2.30. The summed E-state index contributed by atoms with van der Waals surface area (Å²) in [6.07, 6.45) is 1.55. The van der Waals surface area contributed by atoms with Crippen LogP contribution < -0.4 is 4.74 Å². The molecule has 1 aromatic heterocycles. The standard InChI is InChI=1S/C22H25N3O4S/c1-16-10-11-20(13-17(16)2)30(26,27)25-12-6-7-18(14-25)22-24-23-21(29-22)15-28-19-8-4-3-5-9-19/h3-5,8-11,13,18H,6-7,12,14-15H2,1-2H3/t18-/m0/s1. The van der Waals surface area contributed by atoms with Crippen molar-refractivity contribution in [1.29, 1.82) is 0 Å². The molecule has 1 fully saturated rings. The normalized spacial score (nSPS) is 17.7. The van der Waals surface area contributed by atoms with Crippen molar-refractivity contribution in [1.82, 2.24) is 14.5 Å². The maximum Gasteiger partial charge on any atom is 0.253 e. The third-order valence-electron chi connectivity index (χ3n) is 5.44. The van der Waals surface area contributed by atoms with Gasteiger partial charge in [-0.3, -0.25) is 0 Å². The first-order valence-corrected chi connectivity index (χ1v) is 11.4. The highest BCUT2D eigenvalue weighted by Crippen LogP contribution is 2.30. The van der Waals surface area contributed by atoms with Crippen LogP contribution in [0.25, 0.3) is 0 Å². The van der Waals surface area contributed by atoms with Crippen LogP contribution in [-0.4, -0.2) is 36.0 Å². The van der Waals surface area contributed by atoms with Crippen molar-refractivity contribution in [3.8, 4) is 5.75 Å². The Bertz CT molecular complexity index is 1110. The molecule has 0 amide bonds. The second-order valence-electron chi connectivity index (χ2n) is 7.58. The minimum Gasteiger partial charge on any atom is -0.484 e. The minimum absolute atomic E-state index is 0.127. The number of hydrogen-bond donors (Lipinski definition) is 0. The first-order valence-electron chi connectivity index (χ1n) is 10.0. The molecule has 2 heterocycles. The summed E-state index contributed by atoms with van der Waals surface area (Å²) in [6.45, 7) is 4.89. The molecule has 0 unspecified atom stereocenters. The molecule has 3 aromatic rings. The van der Waals surface area contributed by atoms with Crippen LogP contribution in [0, 0.1) is 13.8 Å². The molecule has 1 aliphatic rings. The number of aryl methyl sites for hydroxylation is 2. The van der Waals surface area contributed by atoms with E-state index in [4.69, 9.17) is 9.15 Å². The molecule has 0 bridgehead atoms.